The van der Waals surface area contributed by atoms with Crippen LogP contribution in [0, 0.1) is 13.8 Å². The molecule has 0 nitrogen and oxygen atoms in total. The lowest BCUT2D eigenvalue weighted by atomic mass is 9.95. The number of benzene rings is 1. The molecule has 17 heavy (non-hydrogen) atoms. The number of aryl methyl sites for hydroxylation is 2. The average Bonchev–Trinajstić information content (AvgIpc) is 2.65. The number of hydrogen-bond acceptors (Lipinski definition) is 1. The van der Waals surface area contributed by atoms with Crippen molar-refractivity contribution in [3.05, 3.63) is 46.3 Å². The number of hydrogen-bond donors (Lipinski definition) is 0. The van der Waals surface area contributed by atoms with Gasteiger partial charge in [-0.25, -0.2) is 0 Å². The van der Waals surface area contributed by atoms with Crippen LogP contribution in [-0.4, -0.2) is 0 Å². The van der Waals surface area contributed by atoms with E-state index in [9.17, 15) is 0 Å². The predicted octanol–water partition coefficient (Wildman–Crippen LogP) is 5.33. The highest BCUT2D eigenvalue weighted by Crippen LogP contribution is 2.36. The molecule has 0 aliphatic carbocycles. The monoisotopic (exact) mass is 244 g/mol. The Bertz CT molecular complexity index is 527. The summed E-state index contributed by atoms with van der Waals surface area (Å²) in [5.74, 6) is 0. The highest BCUT2D eigenvalue weighted by atomic mass is 32.1. The van der Waals surface area contributed by atoms with Gasteiger partial charge in [-0.2, -0.15) is 0 Å². The first-order valence-corrected chi connectivity index (χ1v) is 6.87. The summed E-state index contributed by atoms with van der Waals surface area (Å²) < 4.78 is 0. The van der Waals surface area contributed by atoms with Crippen LogP contribution in [0.4, 0.5) is 0 Å². The van der Waals surface area contributed by atoms with E-state index in [0.717, 1.165) is 0 Å². The van der Waals surface area contributed by atoms with Gasteiger partial charge in [-0.15, -0.1) is 11.3 Å². The Morgan fingerprint density at radius 1 is 0.941 bits per heavy atom. The average molecular weight is 244 g/mol. The molecule has 0 amide bonds. The smallest absolute Gasteiger partial charge is 0.0348 e. The Morgan fingerprint density at radius 2 is 1.65 bits per heavy atom. The summed E-state index contributed by atoms with van der Waals surface area (Å²) in [4.78, 5) is 2.83. The van der Waals surface area contributed by atoms with Crippen molar-refractivity contribution in [3.8, 4) is 10.4 Å². The molecular formula is C16H20S. The zero-order chi connectivity index (χ0) is 12.6. The van der Waals surface area contributed by atoms with E-state index in [-0.39, 0.29) is 5.41 Å². The summed E-state index contributed by atoms with van der Waals surface area (Å²) in [6.45, 7) is 11.1. The summed E-state index contributed by atoms with van der Waals surface area (Å²) in [6.07, 6.45) is 0. The lowest BCUT2D eigenvalue weighted by Crippen LogP contribution is -2.07. The van der Waals surface area contributed by atoms with E-state index in [2.05, 4.69) is 65.0 Å². The Kier molecular flexibility index (Phi) is 3.13. The van der Waals surface area contributed by atoms with Crippen LogP contribution in [0.25, 0.3) is 10.4 Å². The first-order valence-electron chi connectivity index (χ1n) is 6.06. The standard InChI is InChI=1S/C16H20S/c1-11-6-7-13(12(2)10-11)14-8-9-15(17-14)16(3,4)5/h6-10H,1-5H3. The van der Waals surface area contributed by atoms with Crippen molar-refractivity contribution in [2.24, 2.45) is 0 Å². The van der Waals surface area contributed by atoms with Crippen molar-refractivity contribution in [2.75, 3.05) is 0 Å². The molecule has 0 spiro atoms. The van der Waals surface area contributed by atoms with Gasteiger partial charge in [-0.05, 0) is 42.5 Å². The van der Waals surface area contributed by atoms with Crippen LogP contribution in [-0.2, 0) is 5.41 Å². The zero-order valence-corrected chi connectivity index (χ0v) is 12.1. The van der Waals surface area contributed by atoms with E-state index in [0.29, 0.717) is 0 Å². The predicted molar refractivity (Wildman–Crippen MR) is 77.9 cm³/mol. The van der Waals surface area contributed by atoms with E-state index >= 15 is 0 Å². The van der Waals surface area contributed by atoms with Crippen LogP contribution in [0.5, 0.6) is 0 Å². The van der Waals surface area contributed by atoms with Gasteiger partial charge >= 0.3 is 0 Å². The fourth-order valence-corrected chi connectivity index (χ4v) is 3.13. The molecule has 2 aromatic rings. The molecule has 0 aliphatic rings. The van der Waals surface area contributed by atoms with E-state index in [4.69, 9.17) is 0 Å². The molecule has 1 aromatic carbocycles. The molecule has 0 N–H and O–H groups in total. The second kappa shape index (κ2) is 4.30. The molecule has 0 radical (unpaired) electrons. The third kappa shape index (κ3) is 2.61. The van der Waals surface area contributed by atoms with Crippen LogP contribution in [0.1, 0.15) is 36.8 Å². The van der Waals surface area contributed by atoms with Crippen LogP contribution < -0.4 is 0 Å². The van der Waals surface area contributed by atoms with Crippen molar-refractivity contribution < 1.29 is 0 Å². The molecule has 0 bridgehead atoms. The van der Waals surface area contributed by atoms with Crippen molar-refractivity contribution in [1.82, 2.24) is 0 Å². The normalized spacial score (nSPS) is 11.8. The zero-order valence-electron chi connectivity index (χ0n) is 11.3. The van der Waals surface area contributed by atoms with Gasteiger partial charge in [-0.1, -0.05) is 44.5 Å². The maximum atomic E-state index is 2.27. The SMILES string of the molecule is Cc1ccc(-c2ccc(C(C)(C)C)s2)c(C)c1. The Labute approximate surface area is 108 Å². The van der Waals surface area contributed by atoms with Gasteiger partial charge in [0.2, 0.25) is 0 Å². The van der Waals surface area contributed by atoms with Crippen LogP contribution in [0.15, 0.2) is 30.3 Å². The molecule has 0 unspecified atom stereocenters. The topological polar surface area (TPSA) is 0 Å². The lowest BCUT2D eigenvalue weighted by molar-refractivity contribution is 0.604. The molecule has 1 heteroatoms. The van der Waals surface area contributed by atoms with Gasteiger partial charge in [0, 0.05) is 9.75 Å². The first kappa shape index (κ1) is 12.4. The van der Waals surface area contributed by atoms with Gasteiger partial charge < -0.3 is 0 Å². The first-order chi connectivity index (χ1) is 7.88. The summed E-state index contributed by atoms with van der Waals surface area (Å²) in [5.41, 5.74) is 4.32. The van der Waals surface area contributed by atoms with E-state index in [1.54, 1.807) is 0 Å². The van der Waals surface area contributed by atoms with E-state index in [1.807, 2.05) is 11.3 Å². The summed E-state index contributed by atoms with van der Waals surface area (Å²) in [6, 6.07) is 11.2. The molecule has 0 saturated heterocycles. The minimum atomic E-state index is 0.252. The molecule has 1 aromatic heterocycles. The molecule has 0 aliphatic heterocycles. The van der Waals surface area contributed by atoms with Crippen LogP contribution in [0.3, 0.4) is 0 Å². The number of rotatable bonds is 1. The molecular weight excluding hydrogens is 224 g/mol. The summed E-state index contributed by atoms with van der Waals surface area (Å²) >= 11 is 1.91. The maximum Gasteiger partial charge on any atom is 0.0348 e. The van der Waals surface area contributed by atoms with Crippen molar-refractivity contribution in [3.63, 3.8) is 0 Å². The molecule has 1 heterocycles. The summed E-state index contributed by atoms with van der Waals surface area (Å²) in [7, 11) is 0. The van der Waals surface area contributed by atoms with E-state index in [1.165, 1.54) is 26.4 Å². The quantitative estimate of drug-likeness (QED) is 0.636. The van der Waals surface area contributed by atoms with Gasteiger partial charge in [0.15, 0.2) is 0 Å². The maximum absolute atomic E-state index is 2.27. The van der Waals surface area contributed by atoms with Gasteiger partial charge in [0.1, 0.15) is 0 Å². The minimum Gasteiger partial charge on any atom is -0.140 e. The lowest BCUT2D eigenvalue weighted by Gasteiger charge is -2.15. The number of thiophene rings is 1. The Morgan fingerprint density at radius 3 is 2.18 bits per heavy atom. The minimum absolute atomic E-state index is 0.252. The molecule has 2 rings (SSSR count). The Balaban J connectivity index is 2.44. The van der Waals surface area contributed by atoms with E-state index < -0.39 is 0 Å². The molecule has 90 valence electrons. The van der Waals surface area contributed by atoms with Gasteiger partial charge in [0.25, 0.3) is 0 Å². The van der Waals surface area contributed by atoms with Gasteiger partial charge in [-0.3, -0.25) is 0 Å². The third-order valence-corrected chi connectivity index (χ3v) is 4.54. The largest absolute Gasteiger partial charge is 0.140 e. The summed E-state index contributed by atoms with van der Waals surface area (Å²) in [5, 5.41) is 0. The second-order valence-electron chi connectivity index (χ2n) is 5.73. The molecule has 0 atom stereocenters. The van der Waals surface area contributed by atoms with Crippen LogP contribution in [0.2, 0.25) is 0 Å². The fourth-order valence-electron chi connectivity index (χ4n) is 1.98. The molecule has 0 saturated carbocycles. The highest BCUT2D eigenvalue weighted by molar-refractivity contribution is 7.15. The molecule has 0 fully saturated rings. The third-order valence-electron chi connectivity index (χ3n) is 2.99. The van der Waals surface area contributed by atoms with Gasteiger partial charge in [0.05, 0.1) is 0 Å². The highest BCUT2D eigenvalue weighted by Gasteiger charge is 2.16. The fraction of sp³-hybridized carbons (Fsp3) is 0.375. The Hall–Kier alpha value is -1.08. The van der Waals surface area contributed by atoms with Crippen molar-refractivity contribution in [1.29, 1.82) is 0 Å². The van der Waals surface area contributed by atoms with Crippen molar-refractivity contribution >= 4 is 11.3 Å². The van der Waals surface area contributed by atoms with Crippen molar-refractivity contribution in [2.45, 2.75) is 40.0 Å². The second-order valence-corrected chi connectivity index (χ2v) is 6.82. The van der Waals surface area contributed by atoms with Crippen LogP contribution >= 0.6 is 11.3 Å².